The predicted octanol–water partition coefficient (Wildman–Crippen LogP) is 1.09. The summed E-state index contributed by atoms with van der Waals surface area (Å²) in [5, 5.41) is 0.690. The summed E-state index contributed by atoms with van der Waals surface area (Å²) in [6.45, 7) is 0. The third-order valence-corrected chi connectivity index (χ3v) is 2.80. The van der Waals surface area contributed by atoms with Crippen molar-refractivity contribution in [1.82, 2.24) is 10.4 Å². The lowest BCUT2D eigenvalue weighted by molar-refractivity contribution is 0.0520. The highest BCUT2D eigenvalue weighted by Gasteiger charge is 2.37. The van der Waals surface area contributed by atoms with Crippen molar-refractivity contribution < 1.29 is 19.1 Å². The van der Waals surface area contributed by atoms with Gasteiger partial charge in [-0.2, -0.15) is 5.01 Å². The van der Waals surface area contributed by atoms with Gasteiger partial charge in [0.05, 0.1) is 11.1 Å². The number of carbonyl (C=O) groups excluding carboxylic acids is 3. The molecule has 1 aliphatic heterocycles. The molecule has 1 N–H and O–H groups in total. The van der Waals surface area contributed by atoms with Crippen molar-refractivity contribution in [2.24, 2.45) is 0 Å². The van der Waals surface area contributed by atoms with Gasteiger partial charge in [-0.1, -0.05) is 12.1 Å². The number of ether oxygens (including phenoxy) is 1. The number of fused-ring (bicyclic) bond motifs is 1. The topological polar surface area (TPSA) is 75.7 Å². The fourth-order valence-corrected chi connectivity index (χ4v) is 1.75. The number of hydrogen-bond acceptors (Lipinski definition) is 4. The zero-order chi connectivity index (χ0) is 12.7. The molecule has 0 spiro atoms. The van der Waals surface area contributed by atoms with Gasteiger partial charge in [-0.15, -0.1) is 0 Å². The van der Waals surface area contributed by atoms with Gasteiger partial charge in [-0.05, 0) is 25.0 Å². The summed E-state index contributed by atoms with van der Waals surface area (Å²) in [6, 6.07) is 6.42. The van der Waals surface area contributed by atoms with E-state index in [1.807, 2.05) is 0 Å². The number of hydrazine groups is 1. The maximum absolute atomic E-state index is 11.9. The fourth-order valence-electron chi connectivity index (χ4n) is 1.75. The second-order valence-corrected chi connectivity index (χ2v) is 4.21. The highest BCUT2D eigenvalue weighted by molar-refractivity contribution is 6.21. The van der Waals surface area contributed by atoms with Crippen LogP contribution in [0, 0.1) is 0 Å². The van der Waals surface area contributed by atoms with Gasteiger partial charge in [-0.25, -0.2) is 10.2 Å². The Morgan fingerprint density at radius 2 is 1.72 bits per heavy atom. The van der Waals surface area contributed by atoms with E-state index in [4.69, 9.17) is 4.74 Å². The molecule has 6 nitrogen and oxygen atoms in total. The molecule has 0 radical (unpaired) electrons. The third-order valence-electron chi connectivity index (χ3n) is 2.80. The van der Waals surface area contributed by atoms with Crippen molar-refractivity contribution >= 4 is 17.9 Å². The molecule has 2 aliphatic rings. The van der Waals surface area contributed by atoms with Gasteiger partial charge in [0.2, 0.25) is 0 Å². The van der Waals surface area contributed by atoms with Crippen LogP contribution in [0.5, 0.6) is 0 Å². The van der Waals surface area contributed by atoms with Gasteiger partial charge < -0.3 is 4.74 Å². The fraction of sp³-hybridized carbons (Fsp3) is 0.250. The predicted molar refractivity (Wildman–Crippen MR) is 59.6 cm³/mol. The van der Waals surface area contributed by atoms with Crippen LogP contribution in [0.1, 0.15) is 33.6 Å². The average molecular weight is 246 g/mol. The Balaban J connectivity index is 1.76. The van der Waals surface area contributed by atoms with Crippen LogP contribution in [-0.2, 0) is 4.74 Å². The van der Waals surface area contributed by atoms with Crippen molar-refractivity contribution in [3.63, 3.8) is 0 Å². The molecule has 0 bridgehead atoms. The molecular weight excluding hydrogens is 236 g/mol. The lowest BCUT2D eigenvalue weighted by atomic mass is 10.1. The van der Waals surface area contributed by atoms with Crippen molar-refractivity contribution in [2.75, 3.05) is 0 Å². The molecule has 0 atom stereocenters. The molecule has 1 aromatic carbocycles. The van der Waals surface area contributed by atoms with Crippen LogP contribution in [0.15, 0.2) is 24.3 Å². The highest BCUT2D eigenvalue weighted by atomic mass is 16.6. The summed E-state index contributed by atoms with van der Waals surface area (Å²) in [5.74, 6) is -1.08. The summed E-state index contributed by atoms with van der Waals surface area (Å²) in [5.41, 5.74) is 2.74. The maximum atomic E-state index is 11.9. The number of imide groups is 1. The first-order valence-electron chi connectivity index (χ1n) is 5.62. The van der Waals surface area contributed by atoms with E-state index in [0.29, 0.717) is 5.01 Å². The molecule has 18 heavy (non-hydrogen) atoms. The Kier molecular flexibility index (Phi) is 2.29. The standard InChI is InChI=1S/C12H10N2O4/c15-10-8-3-1-2-4-9(8)11(16)14(10)13-12(17)18-7-5-6-7/h1-4,7H,5-6H2,(H,13,17). The first-order valence-corrected chi connectivity index (χ1v) is 5.62. The Morgan fingerprint density at radius 3 is 2.22 bits per heavy atom. The minimum Gasteiger partial charge on any atom is -0.445 e. The van der Waals surface area contributed by atoms with E-state index in [9.17, 15) is 14.4 Å². The van der Waals surface area contributed by atoms with E-state index < -0.39 is 17.9 Å². The van der Waals surface area contributed by atoms with Gasteiger partial charge in [0.25, 0.3) is 11.8 Å². The van der Waals surface area contributed by atoms with Crippen LogP contribution in [0.4, 0.5) is 4.79 Å². The van der Waals surface area contributed by atoms with E-state index in [0.717, 1.165) is 12.8 Å². The number of carbonyl (C=O) groups is 3. The highest BCUT2D eigenvalue weighted by Crippen LogP contribution is 2.24. The van der Waals surface area contributed by atoms with E-state index in [2.05, 4.69) is 5.43 Å². The van der Waals surface area contributed by atoms with E-state index >= 15 is 0 Å². The Hall–Kier alpha value is -2.37. The van der Waals surface area contributed by atoms with Crippen LogP contribution in [0.2, 0.25) is 0 Å². The smallest absolute Gasteiger partial charge is 0.426 e. The molecule has 3 rings (SSSR count). The molecule has 1 fully saturated rings. The Bertz CT molecular complexity index is 516. The molecule has 1 aromatic rings. The summed E-state index contributed by atoms with van der Waals surface area (Å²) >= 11 is 0. The number of rotatable bonds is 2. The molecule has 0 saturated heterocycles. The lowest BCUT2D eigenvalue weighted by Crippen LogP contribution is -2.46. The molecule has 1 heterocycles. The van der Waals surface area contributed by atoms with Gasteiger partial charge in [-0.3, -0.25) is 9.59 Å². The van der Waals surface area contributed by atoms with Gasteiger partial charge >= 0.3 is 6.09 Å². The van der Waals surface area contributed by atoms with Crippen molar-refractivity contribution in [2.45, 2.75) is 18.9 Å². The largest absolute Gasteiger partial charge is 0.445 e. The van der Waals surface area contributed by atoms with Crippen LogP contribution < -0.4 is 5.43 Å². The molecule has 6 heteroatoms. The van der Waals surface area contributed by atoms with Gasteiger partial charge in [0, 0.05) is 0 Å². The lowest BCUT2D eigenvalue weighted by Gasteiger charge is -2.14. The average Bonchev–Trinajstić information content (AvgIpc) is 3.14. The van der Waals surface area contributed by atoms with Crippen LogP contribution in [0.25, 0.3) is 0 Å². The third kappa shape index (κ3) is 1.71. The molecule has 1 aliphatic carbocycles. The van der Waals surface area contributed by atoms with Crippen LogP contribution in [0.3, 0.4) is 0 Å². The monoisotopic (exact) mass is 246 g/mol. The van der Waals surface area contributed by atoms with E-state index in [-0.39, 0.29) is 17.2 Å². The minimum absolute atomic E-state index is 0.0832. The molecule has 1 saturated carbocycles. The maximum Gasteiger partial charge on any atom is 0.426 e. The van der Waals surface area contributed by atoms with E-state index in [1.54, 1.807) is 24.3 Å². The van der Waals surface area contributed by atoms with Gasteiger partial charge in [0.1, 0.15) is 6.10 Å². The first kappa shape index (κ1) is 10.8. The SMILES string of the molecule is O=C(NN1C(=O)c2ccccc2C1=O)OC1CC1. The minimum atomic E-state index is -0.771. The Labute approximate surface area is 102 Å². The normalized spacial score (nSPS) is 17.7. The zero-order valence-corrected chi connectivity index (χ0v) is 9.38. The summed E-state index contributed by atoms with van der Waals surface area (Å²) in [6.07, 6.45) is 0.803. The summed E-state index contributed by atoms with van der Waals surface area (Å²) in [4.78, 5) is 35.2. The molecular formula is C12H10N2O4. The molecule has 92 valence electrons. The zero-order valence-electron chi connectivity index (χ0n) is 9.38. The second kappa shape index (κ2) is 3.83. The number of amides is 3. The number of hydrogen-bond donors (Lipinski definition) is 1. The first-order chi connectivity index (χ1) is 8.66. The van der Waals surface area contributed by atoms with E-state index in [1.165, 1.54) is 0 Å². The summed E-state index contributed by atoms with van der Waals surface area (Å²) in [7, 11) is 0. The van der Waals surface area contributed by atoms with Crippen molar-refractivity contribution in [3.05, 3.63) is 35.4 Å². The van der Waals surface area contributed by atoms with Gasteiger partial charge in [0.15, 0.2) is 0 Å². The number of nitrogens with one attached hydrogen (secondary N) is 1. The summed E-state index contributed by atoms with van der Waals surface area (Å²) < 4.78 is 4.92. The van der Waals surface area contributed by atoms with Crippen molar-refractivity contribution in [1.29, 1.82) is 0 Å². The number of nitrogens with zero attached hydrogens (tertiary/aromatic N) is 1. The molecule has 0 aromatic heterocycles. The Morgan fingerprint density at radius 1 is 1.17 bits per heavy atom. The molecule has 3 amide bonds. The number of benzene rings is 1. The molecule has 0 unspecified atom stereocenters. The van der Waals surface area contributed by atoms with Crippen LogP contribution in [-0.4, -0.2) is 29.0 Å². The quantitative estimate of drug-likeness (QED) is 0.792. The van der Waals surface area contributed by atoms with Crippen LogP contribution >= 0.6 is 0 Å². The van der Waals surface area contributed by atoms with Crippen molar-refractivity contribution in [3.8, 4) is 0 Å². The second-order valence-electron chi connectivity index (χ2n) is 4.21.